The lowest BCUT2D eigenvalue weighted by molar-refractivity contribution is -0.161. The molecule has 222 valence electrons. The van der Waals surface area contributed by atoms with Gasteiger partial charge in [-0.3, -0.25) is 19.3 Å². The number of ether oxygens (including phenoxy) is 1. The number of primary amides is 1. The fraction of sp³-hybridized carbons (Fsp3) is 0.462. The lowest BCUT2D eigenvalue weighted by Crippen LogP contribution is -2.65. The number of likely N-dealkylation sites (N-methyl/N-ethyl adjacent to an activating group) is 1. The summed E-state index contributed by atoms with van der Waals surface area (Å²) in [4.78, 5) is 54.5. The predicted octanol–water partition coefficient (Wildman–Crippen LogP) is 0.749. The first kappa shape index (κ1) is 29.9. The van der Waals surface area contributed by atoms with Gasteiger partial charge in [-0.1, -0.05) is 0 Å². The topological polar surface area (TPSA) is 191 Å². The summed E-state index contributed by atoms with van der Waals surface area (Å²) in [5, 5.41) is 44.8. The number of benzene rings is 1. The van der Waals surface area contributed by atoms with Crippen molar-refractivity contribution in [1.29, 1.82) is 0 Å². The SMILES string of the molecule is CN(C)c1cc(C(=O)OCC(F)(F)F)c(O)c2c1C[C@H]1C[C@H]3[C@H](N(C)C)C(=O)C(C(N)=O)=C(O)[C@@]3(O)C(=O)C1=C2O. The average molecular weight is 584 g/mol. The molecule has 1 fully saturated rings. The van der Waals surface area contributed by atoms with Gasteiger partial charge < -0.3 is 35.8 Å². The minimum absolute atomic E-state index is 0.0759. The van der Waals surface area contributed by atoms with Crippen LogP contribution in [0.1, 0.15) is 27.9 Å². The second-order valence-corrected chi connectivity index (χ2v) is 10.7. The van der Waals surface area contributed by atoms with E-state index in [1.165, 1.54) is 38.0 Å². The Morgan fingerprint density at radius 3 is 2.27 bits per heavy atom. The van der Waals surface area contributed by atoms with E-state index < -0.39 is 99.2 Å². The Balaban J connectivity index is 1.95. The van der Waals surface area contributed by atoms with Crippen molar-refractivity contribution in [2.45, 2.75) is 30.7 Å². The molecule has 3 aliphatic rings. The average Bonchev–Trinajstić information content (AvgIpc) is 2.83. The van der Waals surface area contributed by atoms with E-state index in [0.29, 0.717) is 0 Å². The standard InChI is InChI=1S/C26H28F3N3O9/c1-31(2)13-7-11(24(39)41-8-25(27,28)29)18(33)15-10(13)5-9-6-12-17(32(3)4)20(35)16(23(30)38)22(37)26(12,40)21(36)14(9)19(15)34/h7,9,12,17,33-34,37,40H,5-6,8H2,1-4H3,(H2,30,38)/t9-,12-,17-,26-/m0/s1. The number of aliphatic hydroxyl groups excluding tert-OH is 2. The number of rotatable bonds is 5. The molecule has 1 saturated carbocycles. The zero-order chi connectivity index (χ0) is 30.9. The first-order valence-electron chi connectivity index (χ1n) is 12.3. The summed E-state index contributed by atoms with van der Waals surface area (Å²) in [6.45, 7) is -1.94. The highest BCUT2D eigenvalue weighted by molar-refractivity contribution is 6.24. The van der Waals surface area contributed by atoms with Crippen molar-refractivity contribution in [2.24, 2.45) is 17.6 Å². The summed E-state index contributed by atoms with van der Waals surface area (Å²) in [6.07, 6.45) is -5.09. The molecule has 4 atom stereocenters. The number of alkyl halides is 3. The second kappa shape index (κ2) is 9.76. The van der Waals surface area contributed by atoms with Crippen LogP contribution in [0, 0.1) is 11.8 Å². The van der Waals surface area contributed by atoms with Gasteiger partial charge in [-0.2, -0.15) is 13.2 Å². The van der Waals surface area contributed by atoms with E-state index in [0.717, 1.165) is 6.07 Å². The molecule has 1 amide bonds. The summed E-state index contributed by atoms with van der Waals surface area (Å²) < 4.78 is 42.2. The molecule has 0 unspecified atom stereocenters. The molecule has 4 rings (SSSR count). The Hall–Kier alpha value is -4.11. The maximum Gasteiger partial charge on any atom is 0.422 e. The van der Waals surface area contributed by atoms with Gasteiger partial charge in [-0.25, -0.2) is 4.79 Å². The van der Waals surface area contributed by atoms with Crippen LogP contribution >= 0.6 is 0 Å². The summed E-state index contributed by atoms with van der Waals surface area (Å²) in [5.74, 6) is -10.4. The molecule has 0 aromatic heterocycles. The number of fused-ring (bicyclic) bond motifs is 3. The Morgan fingerprint density at radius 2 is 1.76 bits per heavy atom. The van der Waals surface area contributed by atoms with Gasteiger partial charge in [0.1, 0.15) is 28.4 Å². The maximum absolute atomic E-state index is 13.9. The highest BCUT2D eigenvalue weighted by Crippen LogP contribution is 2.54. The summed E-state index contributed by atoms with van der Waals surface area (Å²) in [5.41, 5.74) is 0.231. The number of carbonyl (C=O) groups excluding carboxylic acids is 4. The molecule has 15 heteroatoms. The number of nitrogens with zero attached hydrogens (tertiary/aromatic N) is 2. The van der Waals surface area contributed by atoms with E-state index in [1.807, 2.05) is 0 Å². The van der Waals surface area contributed by atoms with Crippen LogP contribution in [0.15, 0.2) is 23.0 Å². The Morgan fingerprint density at radius 1 is 1.15 bits per heavy atom. The number of hydrogen-bond donors (Lipinski definition) is 5. The van der Waals surface area contributed by atoms with E-state index in [1.54, 1.807) is 0 Å². The molecule has 0 aliphatic heterocycles. The predicted molar refractivity (Wildman–Crippen MR) is 135 cm³/mol. The molecule has 0 heterocycles. The van der Waals surface area contributed by atoms with Gasteiger partial charge in [-0.15, -0.1) is 0 Å². The lowest BCUT2D eigenvalue weighted by atomic mass is 9.57. The quantitative estimate of drug-likeness (QED) is 0.243. The normalized spacial score (nSPS) is 26.0. The second-order valence-electron chi connectivity index (χ2n) is 10.7. The van der Waals surface area contributed by atoms with Gasteiger partial charge >= 0.3 is 12.1 Å². The minimum atomic E-state index is -4.85. The molecule has 0 spiro atoms. The van der Waals surface area contributed by atoms with Crippen LogP contribution in [0.2, 0.25) is 0 Å². The van der Waals surface area contributed by atoms with E-state index in [-0.39, 0.29) is 24.1 Å². The van der Waals surface area contributed by atoms with Crippen molar-refractivity contribution in [2.75, 3.05) is 39.7 Å². The van der Waals surface area contributed by atoms with E-state index in [4.69, 9.17) is 5.73 Å². The monoisotopic (exact) mass is 583 g/mol. The van der Waals surface area contributed by atoms with Crippen LogP contribution in [-0.2, 0) is 25.5 Å². The molecule has 0 saturated heterocycles. The lowest BCUT2D eigenvalue weighted by Gasteiger charge is -2.50. The van der Waals surface area contributed by atoms with Crippen molar-refractivity contribution >= 4 is 34.9 Å². The van der Waals surface area contributed by atoms with Gasteiger partial charge in [0.05, 0.1) is 11.6 Å². The molecule has 12 nitrogen and oxygen atoms in total. The summed E-state index contributed by atoms with van der Waals surface area (Å²) >= 11 is 0. The Labute approximate surface area is 231 Å². The van der Waals surface area contributed by atoms with Crippen LogP contribution in [0.5, 0.6) is 5.75 Å². The third-order valence-corrected chi connectivity index (χ3v) is 7.77. The molecular formula is C26H28F3N3O9. The Kier molecular flexibility index (Phi) is 7.11. The van der Waals surface area contributed by atoms with Crippen molar-refractivity contribution < 1.29 is 57.5 Å². The van der Waals surface area contributed by atoms with E-state index in [2.05, 4.69) is 4.74 Å². The van der Waals surface area contributed by atoms with Gasteiger partial charge in [0, 0.05) is 31.3 Å². The molecule has 41 heavy (non-hydrogen) atoms. The fourth-order valence-electron chi connectivity index (χ4n) is 6.07. The van der Waals surface area contributed by atoms with Crippen molar-refractivity contribution in [3.8, 4) is 5.75 Å². The number of anilines is 1. The number of aliphatic hydroxyl groups is 3. The van der Waals surface area contributed by atoms with Crippen LogP contribution in [-0.4, -0.2) is 101 Å². The Bertz CT molecular complexity index is 1450. The largest absolute Gasteiger partial charge is 0.508 e. The summed E-state index contributed by atoms with van der Waals surface area (Å²) in [6, 6.07) is -0.174. The van der Waals surface area contributed by atoms with Crippen LogP contribution < -0.4 is 10.6 Å². The number of carbonyl (C=O) groups is 4. The number of nitrogens with two attached hydrogens (primary N) is 1. The van der Waals surface area contributed by atoms with Gasteiger partial charge in [-0.05, 0) is 44.5 Å². The summed E-state index contributed by atoms with van der Waals surface area (Å²) in [7, 11) is 6.01. The van der Waals surface area contributed by atoms with Crippen LogP contribution in [0.4, 0.5) is 18.9 Å². The first-order chi connectivity index (χ1) is 18.8. The number of phenols is 1. The number of hydrogen-bond acceptors (Lipinski definition) is 11. The fourth-order valence-corrected chi connectivity index (χ4v) is 6.07. The third kappa shape index (κ3) is 4.48. The number of halogens is 3. The smallest absolute Gasteiger partial charge is 0.422 e. The van der Waals surface area contributed by atoms with Gasteiger partial charge in [0.15, 0.2) is 18.0 Å². The molecule has 1 aromatic rings. The molecule has 3 aliphatic carbocycles. The van der Waals surface area contributed by atoms with Crippen LogP contribution in [0.25, 0.3) is 5.76 Å². The molecule has 6 N–H and O–H groups in total. The van der Waals surface area contributed by atoms with Crippen LogP contribution in [0.3, 0.4) is 0 Å². The molecule has 1 aromatic carbocycles. The number of ketones is 2. The van der Waals surface area contributed by atoms with Crippen molar-refractivity contribution in [1.82, 2.24) is 4.90 Å². The molecular weight excluding hydrogens is 555 g/mol. The third-order valence-electron chi connectivity index (χ3n) is 7.77. The molecule has 0 radical (unpaired) electrons. The van der Waals surface area contributed by atoms with Crippen molar-refractivity contribution in [3.63, 3.8) is 0 Å². The highest BCUT2D eigenvalue weighted by Gasteiger charge is 2.64. The minimum Gasteiger partial charge on any atom is -0.508 e. The van der Waals surface area contributed by atoms with E-state index in [9.17, 15) is 52.8 Å². The maximum atomic E-state index is 13.9. The zero-order valence-electron chi connectivity index (χ0n) is 22.4. The number of amides is 1. The number of esters is 1. The zero-order valence-corrected chi connectivity index (χ0v) is 22.4. The van der Waals surface area contributed by atoms with Gasteiger partial charge in [0.25, 0.3) is 5.91 Å². The van der Waals surface area contributed by atoms with Gasteiger partial charge in [0.2, 0.25) is 5.78 Å². The van der Waals surface area contributed by atoms with E-state index >= 15 is 0 Å². The molecule has 0 bridgehead atoms. The van der Waals surface area contributed by atoms with Crippen molar-refractivity contribution in [3.05, 3.63) is 39.7 Å². The first-order valence-corrected chi connectivity index (χ1v) is 12.3. The number of aromatic hydroxyl groups is 1. The highest BCUT2D eigenvalue weighted by atomic mass is 19.4. The number of phenolic OH excluding ortho intramolecular Hbond substituents is 1. The number of Topliss-reactive ketones (excluding diaryl/α,β-unsaturated/α-hetero) is 2.